The lowest BCUT2D eigenvalue weighted by atomic mass is 10.2. The average Bonchev–Trinajstić information content (AvgIpc) is 2.76. The maximum atomic E-state index is 11.2. The molecule has 1 rings (SSSR count). The van der Waals surface area contributed by atoms with Gasteiger partial charge in [-0.1, -0.05) is 12.5 Å². The van der Waals surface area contributed by atoms with Crippen molar-refractivity contribution in [1.29, 1.82) is 0 Å². The van der Waals surface area contributed by atoms with Gasteiger partial charge in [-0.15, -0.1) is 0 Å². The SMILES string of the molecule is CCC(=Cc1ccc(C(=O)OC)o1)CNC. The number of carbonyl (C=O) groups is 1. The number of hydrogen-bond donors (Lipinski definition) is 1. The van der Waals surface area contributed by atoms with Crippen LogP contribution in [-0.2, 0) is 4.74 Å². The quantitative estimate of drug-likeness (QED) is 0.776. The number of furan rings is 1. The molecule has 0 radical (unpaired) electrons. The number of esters is 1. The molecule has 0 atom stereocenters. The lowest BCUT2D eigenvalue weighted by Crippen LogP contribution is -2.09. The molecule has 0 unspecified atom stereocenters. The Bertz CT molecular complexity index is 379. The molecule has 88 valence electrons. The molecular weight excluding hydrogens is 206 g/mol. The lowest BCUT2D eigenvalue weighted by molar-refractivity contribution is 0.0564. The number of hydrogen-bond acceptors (Lipinski definition) is 4. The number of methoxy groups -OCH3 is 1. The van der Waals surface area contributed by atoms with Gasteiger partial charge in [-0.3, -0.25) is 0 Å². The summed E-state index contributed by atoms with van der Waals surface area (Å²) in [6.45, 7) is 2.89. The molecule has 16 heavy (non-hydrogen) atoms. The fourth-order valence-electron chi connectivity index (χ4n) is 1.35. The van der Waals surface area contributed by atoms with Gasteiger partial charge in [0.05, 0.1) is 7.11 Å². The van der Waals surface area contributed by atoms with E-state index in [-0.39, 0.29) is 5.76 Å². The number of nitrogens with one attached hydrogen (secondary N) is 1. The summed E-state index contributed by atoms with van der Waals surface area (Å²) in [4.78, 5) is 11.2. The summed E-state index contributed by atoms with van der Waals surface area (Å²) < 4.78 is 9.90. The van der Waals surface area contributed by atoms with Crippen LogP contribution in [0.5, 0.6) is 0 Å². The molecule has 0 fully saturated rings. The second-order valence-electron chi connectivity index (χ2n) is 3.38. The molecule has 0 aromatic carbocycles. The van der Waals surface area contributed by atoms with Crippen molar-refractivity contribution in [1.82, 2.24) is 5.32 Å². The van der Waals surface area contributed by atoms with Crippen molar-refractivity contribution in [2.75, 3.05) is 20.7 Å². The normalized spacial score (nSPS) is 11.6. The van der Waals surface area contributed by atoms with Gasteiger partial charge in [0.1, 0.15) is 5.76 Å². The summed E-state index contributed by atoms with van der Waals surface area (Å²) in [5.41, 5.74) is 1.22. The van der Waals surface area contributed by atoms with Crippen LogP contribution in [0.15, 0.2) is 22.1 Å². The van der Waals surface area contributed by atoms with Gasteiger partial charge in [-0.2, -0.15) is 0 Å². The number of carbonyl (C=O) groups excluding carboxylic acids is 1. The molecule has 4 heteroatoms. The Hall–Kier alpha value is -1.55. The fourth-order valence-corrected chi connectivity index (χ4v) is 1.35. The van der Waals surface area contributed by atoms with E-state index in [0.717, 1.165) is 13.0 Å². The predicted octanol–water partition coefficient (Wildman–Crippen LogP) is 2.08. The third kappa shape index (κ3) is 3.24. The number of likely N-dealkylation sites (N-methyl/N-ethyl adjacent to an activating group) is 1. The third-order valence-electron chi connectivity index (χ3n) is 2.22. The molecule has 1 N–H and O–H groups in total. The second-order valence-corrected chi connectivity index (χ2v) is 3.38. The van der Waals surface area contributed by atoms with E-state index in [1.165, 1.54) is 12.7 Å². The largest absolute Gasteiger partial charge is 0.463 e. The highest BCUT2D eigenvalue weighted by Crippen LogP contribution is 2.14. The zero-order valence-electron chi connectivity index (χ0n) is 9.87. The highest BCUT2D eigenvalue weighted by molar-refractivity contribution is 5.86. The lowest BCUT2D eigenvalue weighted by Gasteiger charge is -2.01. The molecular formula is C12H17NO3. The van der Waals surface area contributed by atoms with Crippen molar-refractivity contribution in [3.8, 4) is 0 Å². The van der Waals surface area contributed by atoms with Crippen molar-refractivity contribution < 1.29 is 13.9 Å². The van der Waals surface area contributed by atoms with E-state index in [1.807, 2.05) is 13.1 Å². The fraction of sp³-hybridized carbons (Fsp3) is 0.417. The predicted molar refractivity (Wildman–Crippen MR) is 62.2 cm³/mol. The molecule has 1 heterocycles. The van der Waals surface area contributed by atoms with Gasteiger partial charge in [0.25, 0.3) is 0 Å². The molecule has 4 nitrogen and oxygen atoms in total. The molecule has 0 bridgehead atoms. The van der Waals surface area contributed by atoms with Crippen LogP contribution in [0.3, 0.4) is 0 Å². The summed E-state index contributed by atoms with van der Waals surface area (Å²) in [6.07, 6.45) is 2.87. The third-order valence-corrected chi connectivity index (χ3v) is 2.22. The van der Waals surface area contributed by atoms with Crippen molar-refractivity contribution in [2.24, 2.45) is 0 Å². The minimum absolute atomic E-state index is 0.230. The molecule has 1 aromatic heterocycles. The van der Waals surface area contributed by atoms with Crippen LogP contribution < -0.4 is 5.32 Å². The summed E-state index contributed by atoms with van der Waals surface area (Å²) in [5.74, 6) is 0.451. The minimum Gasteiger partial charge on any atom is -0.463 e. The van der Waals surface area contributed by atoms with Gasteiger partial charge >= 0.3 is 5.97 Å². The Balaban J connectivity index is 2.81. The van der Waals surface area contributed by atoms with E-state index in [9.17, 15) is 4.79 Å². The first-order valence-corrected chi connectivity index (χ1v) is 5.23. The Kier molecular flexibility index (Phi) is 4.79. The minimum atomic E-state index is -0.452. The Morgan fingerprint density at radius 1 is 1.56 bits per heavy atom. The van der Waals surface area contributed by atoms with Crippen LogP contribution in [0.1, 0.15) is 29.7 Å². The molecule has 0 saturated heterocycles. The van der Waals surface area contributed by atoms with E-state index in [4.69, 9.17) is 4.42 Å². The zero-order valence-corrected chi connectivity index (χ0v) is 9.87. The first-order chi connectivity index (χ1) is 7.71. The van der Waals surface area contributed by atoms with E-state index in [0.29, 0.717) is 5.76 Å². The highest BCUT2D eigenvalue weighted by Gasteiger charge is 2.09. The number of rotatable bonds is 5. The van der Waals surface area contributed by atoms with Crippen LogP contribution in [0, 0.1) is 0 Å². The van der Waals surface area contributed by atoms with E-state index >= 15 is 0 Å². The molecule has 0 aliphatic rings. The van der Waals surface area contributed by atoms with Crippen LogP contribution in [0.4, 0.5) is 0 Å². The highest BCUT2D eigenvalue weighted by atomic mass is 16.5. The number of ether oxygens (including phenoxy) is 1. The van der Waals surface area contributed by atoms with Crippen LogP contribution in [-0.4, -0.2) is 26.7 Å². The molecule has 0 saturated carbocycles. The molecule has 0 amide bonds. The average molecular weight is 223 g/mol. The first kappa shape index (κ1) is 12.5. The van der Waals surface area contributed by atoms with Gasteiger partial charge in [0.2, 0.25) is 5.76 Å². The van der Waals surface area contributed by atoms with Gasteiger partial charge in [-0.25, -0.2) is 4.79 Å². The monoisotopic (exact) mass is 223 g/mol. The molecule has 0 aliphatic heterocycles. The van der Waals surface area contributed by atoms with Crippen molar-refractivity contribution in [3.63, 3.8) is 0 Å². The van der Waals surface area contributed by atoms with Gasteiger partial charge in [0.15, 0.2) is 0 Å². The van der Waals surface area contributed by atoms with E-state index in [1.54, 1.807) is 12.1 Å². The maximum Gasteiger partial charge on any atom is 0.373 e. The van der Waals surface area contributed by atoms with Crippen molar-refractivity contribution >= 4 is 12.0 Å². The van der Waals surface area contributed by atoms with Gasteiger partial charge in [0, 0.05) is 6.54 Å². The maximum absolute atomic E-state index is 11.2. The topological polar surface area (TPSA) is 51.5 Å². The second kappa shape index (κ2) is 6.12. The van der Waals surface area contributed by atoms with Gasteiger partial charge < -0.3 is 14.5 Å². The standard InChI is InChI=1S/C12H17NO3/c1-4-9(8-13-2)7-10-5-6-11(16-10)12(14)15-3/h5-7,13H,4,8H2,1-3H3. The summed E-state index contributed by atoms with van der Waals surface area (Å²) >= 11 is 0. The van der Waals surface area contributed by atoms with E-state index in [2.05, 4.69) is 17.0 Å². The Morgan fingerprint density at radius 2 is 2.31 bits per heavy atom. The van der Waals surface area contributed by atoms with Gasteiger partial charge in [-0.05, 0) is 31.7 Å². The van der Waals surface area contributed by atoms with Crippen LogP contribution in [0.2, 0.25) is 0 Å². The van der Waals surface area contributed by atoms with Crippen LogP contribution >= 0.6 is 0 Å². The molecule has 0 aliphatic carbocycles. The summed E-state index contributed by atoms with van der Waals surface area (Å²) in [7, 11) is 3.23. The molecule has 1 aromatic rings. The summed E-state index contributed by atoms with van der Waals surface area (Å²) in [5, 5.41) is 3.08. The van der Waals surface area contributed by atoms with E-state index < -0.39 is 5.97 Å². The van der Waals surface area contributed by atoms with Crippen LogP contribution in [0.25, 0.3) is 6.08 Å². The smallest absolute Gasteiger partial charge is 0.373 e. The zero-order chi connectivity index (χ0) is 12.0. The van der Waals surface area contributed by atoms with Crippen molar-refractivity contribution in [2.45, 2.75) is 13.3 Å². The molecule has 0 spiro atoms. The summed E-state index contributed by atoms with van der Waals surface area (Å²) in [6, 6.07) is 3.38. The Morgan fingerprint density at radius 3 is 2.88 bits per heavy atom. The Labute approximate surface area is 95.3 Å². The van der Waals surface area contributed by atoms with Crippen molar-refractivity contribution in [3.05, 3.63) is 29.2 Å². The first-order valence-electron chi connectivity index (χ1n) is 5.23.